The highest BCUT2D eigenvalue weighted by atomic mass is 16.7. The third-order valence-corrected chi connectivity index (χ3v) is 16.9. The van der Waals surface area contributed by atoms with Crippen molar-refractivity contribution in [2.75, 3.05) is 67.6 Å². The number of carboxylic acids is 1. The molecule has 5 rings (SSSR count). The van der Waals surface area contributed by atoms with Crippen LogP contribution in [-0.2, 0) is 58.7 Å². The summed E-state index contributed by atoms with van der Waals surface area (Å²) in [7, 11) is 12.1. The molecule has 3 aliphatic rings. The molecule has 2 aromatic rings. The summed E-state index contributed by atoms with van der Waals surface area (Å²) in [5.41, 5.74) is -3.92. The topological polar surface area (TPSA) is 255 Å². The van der Waals surface area contributed by atoms with Crippen LogP contribution in [0.2, 0.25) is 0 Å². The molecule has 0 radical (unpaired) electrons. The number of nitrogens with zero attached hydrogens (tertiary/aromatic N) is 4. The molecular formula is C57H92N4O17. The Bertz CT molecular complexity index is 2430. The van der Waals surface area contributed by atoms with Crippen molar-refractivity contribution >= 4 is 34.6 Å². The number of hydrogen-bond donors (Lipinski definition) is 4. The molecule has 4 heterocycles. The van der Waals surface area contributed by atoms with Crippen LogP contribution in [-0.4, -0.2) is 205 Å². The summed E-state index contributed by atoms with van der Waals surface area (Å²) in [4.78, 5) is 71.4. The second-order valence-corrected chi connectivity index (χ2v) is 23.5. The number of hydrogen-bond acceptors (Lipinski definition) is 19. The van der Waals surface area contributed by atoms with Crippen molar-refractivity contribution < 1.29 is 77.5 Å². The van der Waals surface area contributed by atoms with E-state index in [4.69, 9.17) is 37.9 Å². The number of carbonyl (C=O) groups is 4. The van der Waals surface area contributed by atoms with E-state index in [0.717, 1.165) is 5.56 Å². The SMILES string of the molecule is CC[C@H]1OC(=O)[C@H](C)[C@@H](O[C@H]2C[C@@](C)(OC)[C@@H](OC(=O)CCN(C)CCCc3ccc4c(c3)c(=O)c(C(=O)O)cn4N(C)C)[C@H](C)O2)[C@H](C)[C@@H](O[C@@H]2O[C@H](C)C[C@H](N(C)C)[C@H]2O)[C@](C)(OC)C[C@@H](C)C(=O)C(C)[C@@H](O)[C@]1(C)O. The normalized spacial score (nSPS) is 36.6. The monoisotopic (exact) mass is 1100 g/mol. The van der Waals surface area contributed by atoms with Gasteiger partial charge in [-0.3, -0.25) is 23.9 Å². The molecule has 3 saturated heterocycles. The number of esters is 2. The van der Waals surface area contributed by atoms with Gasteiger partial charge in [0.2, 0.25) is 5.43 Å². The molecule has 4 N–H and O–H groups in total. The molecule has 18 atom stereocenters. The minimum Gasteiger partial charge on any atom is -0.477 e. The maximum Gasteiger partial charge on any atom is 0.341 e. The van der Waals surface area contributed by atoms with Crippen LogP contribution in [0.1, 0.15) is 124 Å². The van der Waals surface area contributed by atoms with Crippen LogP contribution in [0.15, 0.2) is 29.2 Å². The molecule has 442 valence electrons. The van der Waals surface area contributed by atoms with Crippen molar-refractivity contribution in [3.05, 3.63) is 45.7 Å². The summed E-state index contributed by atoms with van der Waals surface area (Å²) in [6.45, 7) is 18.0. The van der Waals surface area contributed by atoms with E-state index in [9.17, 15) is 44.4 Å². The van der Waals surface area contributed by atoms with Gasteiger partial charge >= 0.3 is 17.9 Å². The molecule has 21 nitrogen and oxygen atoms in total. The average Bonchev–Trinajstić information content (AvgIpc) is 3.50. The zero-order valence-electron chi connectivity index (χ0n) is 49.2. The molecule has 3 aliphatic heterocycles. The van der Waals surface area contributed by atoms with Gasteiger partial charge in [0.05, 0.1) is 54.0 Å². The zero-order chi connectivity index (χ0) is 58.5. The fraction of sp³-hybridized carbons (Fsp3) is 0.772. The molecular weight excluding hydrogens is 1010 g/mol. The molecule has 3 fully saturated rings. The molecule has 78 heavy (non-hydrogen) atoms. The van der Waals surface area contributed by atoms with E-state index < -0.39 is 119 Å². The molecule has 1 aromatic carbocycles. The first-order valence-corrected chi connectivity index (χ1v) is 27.5. The number of aryl methyl sites for hydroxylation is 1. The van der Waals surface area contributed by atoms with Crippen molar-refractivity contribution in [3.8, 4) is 0 Å². The number of benzene rings is 1. The molecule has 0 saturated carbocycles. The number of methoxy groups -OCH3 is 2. The lowest BCUT2D eigenvalue weighted by Crippen LogP contribution is -2.61. The van der Waals surface area contributed by atoms with E-state index in [1.165, 1.54) is 34.3 Å². The molecule has 0 amide bonds. The number of aromatic nitrogens is 1. The van der Waals surface area contributed by atoms with Crippen LogP contribution < -0.4 is 10.4 Å². The fourth-order valence-corrected chi connectivity index (χ4v) is 11.9. The Morgan fingerprint density at radius 1 is 0.859 bits per heavy atom. The maximum absolute atomic E-state index is 14.6. The number of aliphatic hydroxyl groups is 3. The number of pyridine rings is 1. The molecule has 0 aliphatic carbocycles. The van der Waals surface area contributed by atoms with Crippen LogP contribution in [0.3, 0.4) is 0 Å². The number of cyclic esters (lactones) is 1. The van der Waals surface area contributed by atoms with Gasteiger partial charge in [0.25, 0.3) is 0 Å². The molecule has 21 heteroatoms. The van der Waals surface area contributed by atoms with Crippen molar-refractivity contribution in [1.29, 1.82) is 0 Å². The Labute approximate surface area is 460 Å². The summed E-state index contributed by atoms with van der Waals surface area (Å²) < 4.78 is 53.1. The van der Waals surface area contributed by atoms with Gasteiger partial charge in [0.15, 0.2) is 18.7 Å². The van der Waals surface area contributed by atoms with E-state index in [-0.39, 0.29) is 49.2 Å². The van der Waals surface area contributed by atoms with Gasteiger partial charge in [0, 0.05) is 76.7 Å². The van der Waals surface area contributed by atoms with Crippen molar-refractivity contribution in [2.24, 2.45) is 23.7 Å². The van der Waals surface area contributed by atoms with E-state index >= 15 is 0 Å². The van der Waals surface area contributed by atoms with Gasteiger partial charge in [-0.1, -0.05) is 33.8 Å². The van der Waals surface area contributed by atoms with E-state index in [0.29, 0.717) is 43.3 Å². The van der Waals surface area contributed by atoms with Gasteiger partial charge in [-0.05, 0) is 119 Å². The predicted octanol–water partition coefficient (Wildman–Crippen LogP) is 4.16. The quantitative estimate of drug-likeness (QED) is 0.153. The van der Waals surface area contributed by atoms with Crippen molar-refractivity contribution in [1.82, 2.24) is 14.5 Å². The number of aromatic carboxylic acids is 1. The zero-order valence-corrected chi connectivity index (χ0v) is 49.2. The van der Waals surface area contributed by atoms with Crippen molar-refractivity contribution in [2.45, 2.75) is 198 Å². The standard InChI is InChI=1S/C57H92N4O17/c1-18-42-57(10,70)49(66)33(4)45(63)31(2)28-55(8,71-16)50(78-54-47(65)41(58(11)12)26-32(3)73-54)34(5)48(35(6)53(69)75-42)77-44-29-56(9,72-17)51(36(7)74-44)76-43(62)23-25-60(15)24-19-20-37-21-22-40-38(27-37)46(64)39(52(67)68)30-61(40)59(13)14/h21-22,27,30-36,41-42,44,47-51,54,65-66,70H,18-20,23-26,28-29H2,1-17H3,(H,67,68)/t31-,32-,33?,34+,35-,36+,41+,42-,44+,47-,48+,49-,50-,51+,54+,55-,56-,57-/m1/s1. The molecule has 0 spiro atoms. The Kier molecular flexibility index (Phi) is 22.1. The smallest absolute Gasteiger partial charge is 0.341 e. The lowest BCUT2D eigenvalue weighted by molar-refractivity contribution is -0.320. The second kappa shape index (κ2) is 26.6. The third kappa shape index (κ3) is 14.5. The highest BCUT2D eigenvalue weighted by Gasteiger charge is 2.55. The van der Waals surface area contributed by atoms with Crippen molar-refractivity contribution in [3.63, 3.8) is 0 Å². The van der Waals surface area contributed by atoms with Crippen LogP contribution in [0.5, 0.6) is 0 Å². The number of rotatable bonds is 18. The number of fused-ring (bicyclic) bond motifs is 1. The van der Waals surface area contributed by atoms with E-state index in [1.807, 2.05) is 56.9 Å². The summed E-state index contributed by atoms with van der Waals surface area (Å²) in [5.74, 6) is -6.62. The number of aliphatic hydroxyl groups excluding tert-OH is 2. The van der Waals surface area contributed by atoms with Gasteiger partial charge in [-0.15, -0.1) is 0 Å². The van der Waals surface area contributed by atoms with E-state index in [1.54, 1.807) is 71.4 Å². The summed E-state index contributed by atoms with van der Waals surface area (Å²) >= 11 is 0. The van der Waals surface area contributed by atoms with Crippen LogP contribution in [0.25, 0.3) is 10.9 Å². The first-order valence-electron chi connectivity index (χ1n) is 27.5. The third-order valence-electron chi connectivity index (χ3n) is 16.9. The number of likely N-dealkylation sites (N-methyl/N-ethyl adjacent to an activating group) is 1. The summed E-state index contributed by atoms with van der Waals surface area (Å²) in [5, 5.41) is 47.0. The van der Waals surface area contributed by atoms with E-state index in [2.05, 4.69) is 0 Å². The lowest BCUT2D eigenvalue weighted by atomic mass is 9.74. The van der Waals surface area contributed by atoms with Gasteiger partial charge < -0.3 is 73.1 Å². The maximum atomic E-state index is 14.6. The average molecular weight is 1110 g/mol. The Morgan fingerprint density at radius 3 is 2.09 bits per heavy atom. The molecule has 1 aromatic heterocycles. The molecule has 0 bridgehead atoms. The Hall–Kier alpha value is -4.13. The molecule has 1 unspecified atom stereocenters. The number of carboxylic acid groups (broad SMARTS) is 1. The second-order valence-electron chi connectivity index (χ2n) is 23.5. The minimum atomic E-state index is -2.03. The van der Waals surface area contributed by atoms with Crippen LogP contribution in [0, 0.1) is 23.7 Å². The predicted molar refractivity (Wildman–Crippen MR) is 291 cm³/mol. The largest absolute Gasteiger partial charge is 0.477 e. The highest BCUT2D eigenvalue weighted by Crippen LogP contribution is 2.42. The minimum absolute atomic E-state index is 0.0352. The van der Waals surface area contributed by atoms with Crippen LogP contribution in [0.4, 0.5) is 0 Å². The fourth-order valence-electron chi connectivity index (χ4n) is 11.9. The number of Topliss-reactive ketones (excluding diaryl/α,β-unsaturated/α-hetero) is 1. The number of carbonyl (C=O) groups excluding carboxylic acids is 3. The lowest BCUT2D eigenvalue weighted by Gasteiger charge is -2.50. The number of ether oxygens (including phenoxy) is 8. The van der Waals surface area contributed by atoms with Gasteiger partial charge in [-0.25, -0.2) is 4.79 Å². The summed E-state index contributed by atoms with van der Waals surface area (Å²) in [6.07, 6.45) is -6.95. The van der Waals surface area contributed by atoms with Gasteiger partial charge in [-0.2, -0.15) is 0 Å². The number of ketones is 1. The summed E-state index contributed by atoms with van der Waals surface area (Å²) in [6, 6.07) is 5.13. The first kappa shape index (κ1) is 64.7. The first-order chi connectivity index (χ1) is 36.3. The van der Waals surface area contributed by atoms with Crippen LogP contribution >= 0.6 is 0 Å². The highest BCUT2D eigenvalue weighted by molar-refractivity contribution is 5.93. The Balaban J connectivity index is 1.36. The Morgan fingerprint density at radius 2 is 1.50 bits per heavy atom. The van der Waals surface area contributed by atoms with Gasteiger partial charge in [0.1, 0.15) is 34.8 Å².